The predicted octanol–water partition coefficient (Wildman–Crippen LogP) is 2.50. The summed E-state index contributed by atoms with van der Waals surface area (Å²) in [6.45, 7) is 0.907. The average molecular weight is 350 g/mol. The summed E-state index contributed by atoms with van der Waals surface area (Å²) in [5.41, 5.74) is 1.69. The number of carbonyl (C=O) groups is 3. The van der Waals surface area contributed by atoms with E-state index in [0.717, 1.165) is 0 Å². The molecule has 2 aromatic carbocycles. The van der Waals surface area contributed by atoms with Crippen molar-refractivity contribution in [2.45, 2.75) is 13.0 Å². The molecule has 1 aliphatic rings. The fraction of sp³-hybridized carbons (Fsp3) is 0.150. The number of carboxylic acid groups (broad SMARTS) is 1. The first-order valence-corrected chi connectivity index (χ1v) is 8.13. The van der Waals surface area contributed by atoms with Gasteiger partial charge in [0, 0.05) is 13.1 Å². The number of carbonyl (C=O) groups excluding carboxylic acids is 2. The molecule has 0 radical (unpaired) electrons. The van der Waals surface area contributed by atoms with Crippen LogP contribution in [-0.2, 0) is 14.4 Å². The van der Waals surface area contributed by atoms with E-state index in [0.29, 0.717) is 16.8 Å². The lowest BCUT2D eigenvalue weighted by Gasteiger charge is -2.38. The molecular weight excluding hydrogens is 332 g/mol. The van der Waals surface area contributed by atoms with Crippen LogP contribution in [0.15, 0.2) is 66.9 Å². The van der Waals surface area contributed by atoms with Gasteiger partial charge >= 0.3 is 5.97 Å². The van der Waals surface area contributed by atoms with Gasteiger partial charge in [-0.2, -0.15) is 0 Å². The van der Waals surface area contributed by atoms with Gasteiger partial charge < -0.3 is 10.0 Å². The number of nitrogens with zero attached hydrogens (tertiary/aromatic N) is 2. The molecule has 3 rings (SSSR count). The molecule has 26 heavy (non-hydrogen) atoms. The van der Waals surface area contributed by atoms with Crippen molar-refractivity contribution in [3.63, 3.8) is 0 Å². The number of benzene rings is 2. The average Bonchev–Trinajstić information content (AvgIpc) is 2.64. The number of amides is 2. The van der Waals surface area contributed by atoms with Crippen LogP contribution in [0.2, 0.25) is 0 Å². The Morgan fingerprint density at radius 2 is 1.58 bits per heavy atom. The molecule has 0 saturated carbocycles. The van der Waals surface area contributed by atoms with Gasteiger partial charge in [0.1, 0.15) is 12.6 Å². The van der Waals surface area contributed by atoms with Crippen molar-refractivity contribution in [2.24, 2.45) is 0 Å². The first-order valence-electron chi connectivity index (χ1n) is 8.13. The van der Waals surface area contributed by atoms with E-state index in [9.17, 15) is 19.5 Å². The van der Waals surface area contributed by atoms with Crippen LogP contribution in [0.3, 0.4) is 0 Å². The molecule has 0 saturated heterocycles. The van der Waals surface area contributed by atoms with Crippen LogP contribution in [0.1, 0.15) is 24.1 Å². The first-order chi connectivity index (χ1) is 12.5. The summed E-state index contributed by atoms with van der Waals surface area (Å²) in [5, 5.41) is 9.28. The molecule has 6 nitrogen and oxygen atoms in total. The van der Waals surface area contributed by atoms with E-state index in [4.69, 9.17) is 0 Å². The zero-order valence-electron chi connectivity index (χ0n) is 14.2. The van der Waals surface area contributed by atoms with Crippen molar-refractivity contribution in [3.05, 3.63) is 78.0 Å². The standard InChI is InChI=1S/C20H18N2O4/c1-14(23)21-12-17(15-8-4-2-5-9-15)22(13-18(24)25)20(26)19(21)16-10-6-3-7-11-16/h2-12,19H,13H2,1H3,(H,24,25). The van der Waals surface area contributed by atoms with Crippen molar-refractivity contribution in [1.82, 2.24) is 9.80 Å². The Labute approximate surface area is 151 Å². The van der Waals surface area contributed by atoms with Gasteiger partial charge in [0.2, 0.25) is 5.91 Å². The van der Waals surface area contributed by atoms with Crippen LogP contribution in [0, 0.1) is 0 Å². The second kappa shape index (κ2) is 7.23. The molecule has 1 N–H and O–H groups in total. The maximum atomic E-state index is 13.2. The van der Waals surface area contributed by atoms with E-state index in [1.54, 1.807) is 54.7 Å². The van der Waals surface area contributed by atoms with Gasteiger partial charge in [-0.3, -0.25) is 19.3 Å². The monoisotopic (exact) mass is 350 g/mol. The Hall–Kier alpha value is -3.41. The van der Waals surface area contributed by atoms with Gasteiger partial charge in [-0.15, -0.1) is 0 Å². The third kappa shape index (κ3) is 3.35. The smallest absolute Gasteiger partial charge is 0.323 e. The zero-order valence-corrected chi connectivity index (χ0v) is 14.2. The molecule has 132 valence electrons. The summed E-state index contributed by atoms with van der Waals surface area (Å²) in [7, 11) is 0. The Kier molecular flexibility index (Phi) is 4.84. The van der Waals surface area contributed by atoms with Gasteiger partial charge in [0.05, 0.1) is 5.70 Å². The topological polar surface area (TPSA) is 77.9 Å². The van der Waals surface area contributed by atoms with E-state index in [1.165, 1.54) is 16.7 Å². The molecule has 0 spiro atoms. The second-order valence-corrected chi connectivity index (χ2v) is 5.94. The lowest BCUT2D eigenvalue weighted by Crippen LogP contribution is -2.48. The van der Waals surface area contributed by atoms with Crippen LogP contribution in [0.25, 0.3) is 5.70 Å². The molecule has 2 amide bonds. The van der Waals surface area contributed by atoms with E-state index < -0.39 is 24.5 Å². The van der Waals surface area contributed by atoms with Crippen LogP contribution < -0.4 is 0 Å². The molecular formula is C20H18N2O4. The molecule has 6 heteroatoms. The van der Waals surface area contributed by atoms with Gasteiger partial charge in [-0.05, 0) is 11.1 Å². The van der Waals surface area contributed by atoms with Gasteiger partial charge in [0.15, 0.2) is 0 Å². The molecule has 0 fully saturated rings. The van der Waals surface area contributed by atoms with Crippen molar-refractivity contribution in [1.29, 1.82) is 0 Å². The molecule has 0 bridgehead atoms. The van der Waals surface area contributed by atoms with Gasteiger partial charge in [-0.25, -0.2) is 0 Å². The highest BCUT2D eigenvalue weighted by Gasteiger charge is 2.39. The summed E-state index contributed by atoms with van der Waals surface area (Å²) in [4.78, 5) is 39.3. The van der Waals surface area contributed by atoms with Gasteiger partial charge in [-0.1, -0.05) is 60.7 Å². The van der Waals surface area contributed by atoms with E-state index in [2.05, 4.69) is 0 Å². The van der Waals surface area contributed by atoms with Crippen LogP contribution in [0.4, 0.5) is 0 Å². The molecule has 1 aliphatic heterocycles. The van der Waals surface area contributed by atoms with Crippen molar-refractivity contribution in [2.75, 3.05) is 6.54 Å². The molecule has 1 atom stereocenters. The predicted molar refractivity (Wildman–Crippen MR) is 95.5 cm³/mol. The van der Waals surface area contributed by atoms with Crippen LogP contribution in [0.5, 0.6) is 0 Å². The Bertz CT molecular complexity index is 862. The summed E-state index contributed by atoms with van der Waals surface area (Å²) in [6.07, 6.45) is 1.56. The minimum atomic E-state index is -1.12. The van der Waals surface area contributed by atoms with E-state index in [1.807, 2.05) is 12.1 Å². The summed E-state index contributed by atoms with van der Waals surface area (Å²) >= 11 is 0. The van der Waals surface area contributed by atoms with Crippen LogP contribution in [-0.4, -0.2) is 39.2 Å². The molecule has 1 heterocycles. The van der Waals surface area contributed by atoms with Gasteiger partial charge in [0.25, 0.3) is 5.91 Å². The number of hydrogen-bond donors (Lipinski definition) is 1. The quantitative estimate of drug-likeness (QED) is 0.919. The third-order valence-electron chi connectivity index (χ3n) is 4.17. The van der Waals surface area contributed by atoms with E-state index >= 15 is 0 Å². The lowest BCUT2D eigenvalue weighted by molar-refractivity contribution is -0.147. The summed E-state index contributed by atoms with van der Waals surface area (Å²) in [5.74, 6) is -1.87. The van der Waals surface area contributed by atoms with Crippen LogP contribution >= 0.6 is 0 Å². The molecule has 0 aromatic heterocycles. The largest absolute Gasteiger partial charge is 0.480 e. The van der Waals surface area contributed by atoms with Crippen molar-refractivity contribution >= 4 is 23.5 Å². The number of aliphatic carboxylic acids is 1. The summed E-state index contributed by atoms with van der Waals surface area (Å²) in [6, 6.07) is 16.9. The second-order valence-electron chi connectivity index (χ2n) is 5.94. The highest BCUT2D eigenvalue weighted by molar-refractivity contribution is 5.99. The Balaban J connectivity index is 2.15. The summed E-state index contributed by atoms with van der Waals surface area (Å²) < 4.78 is 0. The molecule has 0 aliphatic carbocycles. The van der Waals surface area contributed by atoms with E-state index in [-0.39, 0.29) is 5.91 Å². The fourth-order valence-electron chi connectivity index (χ4n) is 3.01. The third-order valence-corrected chi connectivity index (χ3v) is 4.17. The maximum absolute atomic E-state index is 13.2. The SMILES string of the molecule is CC(=O)N1C=C(c2ccccc2)N(CC(=O)O)C(=O)C1c1ccccc1. The Morgan fingerprint density at radius 3 is 2.12 bits per heavy atom. The Morgan fingerprint density at radius 1 is 1.00 bits per heavy atom. The van der Waals surface area contributed by atoms with Crippen molar-refractivity contribution in [3.8, 4) is 0 Å². The minimum absolute atomic E-state index is 0.296. The number of hydrogen-bond acceptors (Lipinski definition) is 3. The lowest BCUT2D eigenvalue weighted by atomic mass is 9.99. The zero-order chi connectivity index (χ0) is 18.7. The normalized spacial score (nSPS) is 17.0. The maximum Gasteiger partial charge on any atom is 0.323 e. The van der Waals surface area contributed by atoms with Crippen molar-refractivity contribution < 1.29 is 19.5 Å². The first kappa shape index (κ1) is 17.4. The highest BCUT2D eigenvalue weighted by Crippen LogP contribution is 2.34. The fourth-order valence-corrected chi connectivity index (χ4v) is 3.01. The molecule has 2 aromatic rings. The number of rotatable bonds is 4. The number of carboxylic acids is 1. The highest BCUT2D eigenvalue weighted by atomic mass is 16.4. The molecule has 1 unspecified atom stereocenters. The minimum Gasteiger partial charge on any atom is -0.480 e.